The van der Waals surface area contributed by atoms with Crippen molar-refractivity contribution in [1.82, 2.24) is 19.7 Å². The van der Waals surface area contributed by atoms with Crippen LogP contribution in [0.1, 0.15) is 12.5 Å². The Morgan fingerprint density at radius 1 is 0.871 bits per heavy atom. The summed E-state index contributed by atoms with van der Waals surface area (Å²) < 4.78 is 6.41. The van der Waals surface area contributed by atoms with Gasteiger partial charge in [-0.2, -0.15) is 0 Å². The molecule has 0 spiro atoms. The molecule has 5 heteroatoms. The molecule has 0 N–H and O–H groups in total. The molecule has 4 aromatic carbocycles. The zero-order valence-corrected chi connectivity index (χ0v) is 17.2. The van der Waals surface area contributed by atoms with Crippen molar-refractivity contribution in [1.29, 1.82) is 0 Å². The first kappa shape index (κ1) is 16.8. The Morgan fingerprint density at radius 3 is 2.52 bits per heavy atom. The topological polar surface area (TPSA) is 39.5 Å². The van der Waals surface area contributed by atoms with Crippen LogP contribution in [-0.2, 0) is 13.1 Å². The molecule has 0 atom stereocenters. The Kier molecular flexibility index (Phi) is 3.25. The third-order valence-corrected chi connectivity index (χ3v) is 6.53. The molecule has 0 saturated carbocycles. The molecule has 1 aliphatic heterocycles. The largest absolute Gasteiger partial charge is 0.341 e. The minimum absolute atomic E-state index is 0.752. The third kappa shape index (κ3) is 2.18. The minimum Gasteiger partial charge on any atom is -0.341 e. The maximum atomic E-state index is 4.60. The molecule has 0 saturated heterocycles. The van der Waals surface area contributed by atoms with Gasteiger partial charge >= 0.3 is 0 Å². The van der Waals surface area contributed by atoms with Gasteiger partial charge in [0.15, 0.2) is 10.9 Å². The third-order valence-electron chi connectivity index (χ3n) is 6.53. The Labute approximate surface area is 178 Å². The van der Waals surface area contributed by atoms with Gasteiger partial charge in [-0.3, -0.25) is 0 Å². The van der Waals surface area contributed by atoms with Gasteiger partial charge in [-0.1, -0.05) is 48.5 Å². The van der Waals surface area contributed by atoms with E-state index in [9.17, 15) is 0 Å². The number of para-hydroxylation sites is 1. The van der Waals surface area contributed by atoms with Gasteiger partial charge < -0.3 is 4.57 Å². The van der Waals surface area contributed by atoms with E-state index in [0.717, 1.165) is 24.6 Å². The van der Waals surface area contributed by atoms with Crippen LogP contribution in [-0.4, -0.2) is 19.7 Å². The number of nitrogens with zero attached hydrogens (tertiary/aromatic N) is 5. The van der Waals surface area contributed by atoms with Crippen molar-refractivity contribution in [3.63, 3.8) is 0 Å². The molecule has 0 fully saturated rings. The fourth-order valence-electron chi connectivity index (χ4n) is 5.19. The van der Waals surface area contributed by atoms with E-state index < -0.39 is 0 Å². The zero-order valence-electron chi connectivity index (χ0n) is 17.2. The molecule has 0 amide bonds. The highest BCUT2D eigenvalue weighted by atomic mass is 15.6. The lowest BCUT2D eigenvalue weighted by atomic mass is 10.0. The molecule has 0 aliphatic carbocycles. The molecule has 2 aromatic heterocycles. The summed E-state index contributed by atoms with van der Waals surface area (Å²) in [5.74, 6) is 1.04. The average molecular weight is 402 g/mol. The monoisotopic (exact) mass is 402 g/mol. The molecule has 0 radical (unpaired) electrons. The smallest absolute Gasteiger partial charge is 0.295 e. The van der Waals surface area contributed by atoms with Crippen LogP contribution in [0.15, 0.2) is 78.9 Å². The van der Waals surface area contributed by atoms with Crippen molar-refractivity contribution < 1.29 is 4.68 Å². The lowest BCUT2D eigenvalue weighted by Crippen LogP contribution is -2.34. The minimum atomic E-state index is 0.752. The fraction of sp³-hybridized carbons (Fsp3) is 0.115. The summed E-state index contributed by atoms with van der Waals surface area (Å²) in [5.41, 5.74) is 6.05. The molecule has 1 aliphatic rings. The molecule has 31 heavy (non-hydrogen) atoms. The van der Waals surface area contributed by atoms with E-state index in [1.54, 1.807) is 0 Å². The molecule has 0 bridgehead atoms. The van der Waals surface area contributed by atoms with E-state index in [1.165, 1.54) is 43.7 Å². The summed E-state index contributed by atoms with van der Waals surface area (Å²) in [6, 6.07) is 28.2. The number of aromatic nitrogens is 5. The van der Waals surface area contributed by atoms with Gasteiger partial charge in [-0.05, 0) is 52.7 Å². The highest BCUT2D eigenvalue weighted by Gasteiger charge is 2.34. The Morgan fingerprint density at radius 2 is 1.65 bits per heavy atom. The predicted octanol–water partition coefficient (Wildman–Crippen LogP) is 4.86. The summed E-state index contributed by atoms with van der Waals surface area (Å²) in [6.45, 7) is 3.87. The summed E-state index contributed by atoms with van der Waals surface area (Å²) in [7, 11) is 0. The SMILES string of the molecule is CCn1c2ccccc2c2c(-n3nn[n+]4c3-c3cc5ccccc5cc3C4)cccc21. The highest BCUT2D eigenvalue weighted by Crippen LogP contribution is 2.36. The van der Waals surface area contributed by atoms with Crippen LogP contribution in [0.2, 0.25) is 0 Å². The molecule has 0 unspecified atom stereocenters. The van der Waals surface area contributed by atoms with Crippen LogP contribution < -0.4 is 4.68 Å². The van der Waals surface area contributed by atoms with E-state index in [4.69, 9.17) is 0 Å². The van der Waals surface area contributed by atoms with Crippen LogP contribution in [0.3, 0.4) is 0 Å². The zero-order chi connectivity index (χ0) is 20.5. The number of tetrazole rings is 1. The highest BCUT2D eigenvalue weighted by molar-refractivity contribution is 6.12. The first-order valence-corrected chi connectivity index (χ1v) is 10.7. The quantitative estimate of drug-likeness (QED) is 0.387. The second-order valence-electron chi connectivity index (χ2n) is 8.16. The number of benzene rings is 4. The van der Waals surface area contributed by atoms with E-state index in [1.807, 2.05) is 9.36 Å². The summed E-state index contributed by atoms with van der Waals surface area (Å²) in [6.07, 6.45) is 0. The van der Waals surface area contributed by atoms with Gasteiger partial charge in [-0.25, -0.2) is 0 Å². The normalized spacial score (nSPS) is 12.7. The van der Waals surface area contributed by atoms with Crippen molar-refractivity contribution in [2.24, 2.45) is 0 Å². The number of rotatable bonds is 2. The van der Waals surface area contributed by atoms with Crippen molar-refractivity contribution in [2.45, 2.75) is 20.0 Å². The van der Waals surface area contributed by atoms with Crippen LogP contribution in [0.5, 0.6) is 0 Å². The lowest BCUT2D eigenvalue weighted by Gasteiger charge is -2.04. The van der Waals surface area contributed by atoms with Crippen molar-refractivity contribution in [2.75, 3.05) is 0 Å². The first-order valence-electron chi connectivity index (χ1n) is 10.7. The van der Waals surface area contributed by atoms with Gasteiger partial charge in [0.2, 0.25) is 0 Å². The van der Waals surface area contributed by atoms with Crippen LogP contribution in [0.25, 0.3) is 49.7 Å². The van der Waals surface area contributed by atoms with Gasteiger partial charge in [0.05, 0.1) is 16.5 Å². The van der Waals surface area contributed by atoms with Crippen LogP contribution in [0, 0.1) is 0 Å². The number of aryl methyl sites for hydroxylation is 1. The van der Waals surface area contributed by atoms with E-state index >= 15 is 0 Å². The van der Waals surface area contributed by atoms with Gasteiger partial charge in [0.1, 0.15) is 11.8 Å². The lowest BCUT2D eigenvalue weighted by molar-refractivity contribution is -0.731. The van der Waals surface area contributed by atoms with Crippen molar-refractivity contribution in [3.05, 3.63) is 84.4 Å². The summed E-state index contributed by atoms with van der Waals surface area (Å²) in [4.78, 5) is 0. The predicted molar refractivity (Wildman–Crippen MR) is 122 cm³/mol. The number of hydrogen-bond donors (Lipinski definition) is 0. The van der Waals surface area contributed by atoms with Gasteiger partial charge in [-0.15, -0.1) is 4.68 Å². The van der Waals surface area contributed by atoms with E-state index in [2.05, 4.69) is 101 Å². The standard InChI is InChI=1S/C26H20N5/c1-2-29-22-11-6-5-10-20(22)25-23(29)12-7-13-24(25)31-26-21-15-18-9-4-3-8-17(18)14-19(21)16-30(26)27-28-31/h3-15H,2,16H2,1H3/q+1. The molecule has 7 rings (SSSR count). The van der Waals surface area contributed by atoms with E-state index in [0.29, 0.717) is 0 Å². The number of fused-ring (bicyclic) bond motifs is 7. The van der Waals surface area contributed by atoms with Gasteiger partial charge in [0.25, 0.3) is 5.82 Å². The average Bonchev–Trinajstić information content (AvgIpc) is 3.47. The van der Waals surface area contributed by atoms with Crippen molar-refractivity contribution >= 4 is 32.6 Å². The summed E-state index contributed by atoms with van der Waals surface area (Å²) in [5, 5.41) is 14.1. The molecular weight excluding hydrogens is 382 g/mol. The van der Waals surface area contributed by atoms with E-state index in [-0.39, 0.29) is 0 Å². The molecular formula is C26H20N5+. The second-order valence-corrected chi connectivity index (χ2v) is 8.16. The Bertz CT molecular complexity index is 1650. The van der Waals surface area contributed by atoms with Crippen LogP contribution in [0.4, 0.5) is 0 Å². The van der Waals surface area contributed by atoms with Gasteiger partial charge in [0, 0.05) is 23.0 Å². The summed E-state index contributed by atoms with van der Waals surface area (Å²) >= 11 is 0. The molecule has 3 heterocycles. The fourth-order valence-corrected chi connectivity index (χ4v) is 5.19. The molecule has 148 valence electrons. The Hall–Kier alpha value is -3.99. The Balaban J connectivity index is 1.55. The van der Waals surface area contributed by atoms with Crippen LogP contribution >= 0.6 is 0 Å². The first-order chi connectivity index (χ1) is 15.3. The maximum absolute atomic E-state index is 4.60. The molecule has 5 nitrogen and oxygen atoms in total. The molecule has 6 aromatic rings. The maximum Gasteiger partial charge on any atom is 0.295 e. The number of hydrogen-bond acceptors (Lipinski definition) is 2. The van der Waals surface area contributed by atoms with Crippen molar-refractivity contribution in [3.8, 4) is 17.1 Å². The second kappa shape index (κ2) is 6.01.